The van der Waals surface area contributed by atoms with E-state index in [0.717, 1.165) is 25.7 Å². The minimum Gasteiger partial charge on any atom is -0.493 e. The van der Waals surface area contributed by atoms with Crippen LogP contribution < -0.4 is 15.4 Å². The molecule has 0 bridgehead atoms. The van der Waals surface area contributed by atoms with E-state index in [9.17, 15) is 18.0 Å². The third kappa shape index (κ3) is 8.45. The topological polar surface area (TPSA) is 102 Å². The molecule has 0 radical (unpaired) electrons. The number of carbonyl (C=O) groups excluding carboxylic acids is 1. The molecule has 1 aliphatic carbocycles. The van der Waals surface area contributed by atoms with Crippen molar-refractivity contribution >= 4 is 34.8 Å². The Morgan fingerprint density at radius 1 is 1.24 bits per heavy atom. The van der Waals surface area contributed by atoms with Crippen LogP contribution in [0.3, 0.4) is 0 Å². The number of ether oxygens (including phenoxy) is 1. The van der Waals surface area contributed by atoms with Crippen molar-refractivity contribution in [3.8, 4) is 17.0 Å². The number of hydrogen-bond donors (Lipinski definition) is 2. The zero-order valence-corrected chi connectivity index (χ0v) is 23.4. The molecule has 1 aliphatic rings. The zero-order chi connectivity index (χ0) is 28.5. The zero-order valence-electron chi connectivity index (χ0n) is 21.9. The molecule has 3 rings (SSSR count). The number of nitrogens with zero attached hydrogens (tertiary/aromatic N) is 2. The predicted molar refractivity (Wildman–Crippen MR) is 141 cm³/mol. The fourth-order valence-electron chi connectivity index (χ4n) is 4.34. The van der Waals surface area contributed by atoms with Gasteiger partial charge in [-0.25, -0.2) is 0 Å². The Bertz CT molecular complexity index is 1110. The van der Waals surface area contributed by atoms with E-state index < -0.39 is 23.8 Å². The van der Waals surface area contributed by atoms with Gasteiger partial charge in [-0.15, -0.1) is 0 Å². The maximum atomic E-state index is 13.0. The van der Waals surface area contributed by atoms with Gasteiger partial charge in [0.1, 0.15) is 11.8 Å². The second kappa shape index (κ2) is 14.5. The number of alkyl halides is 3. The van der Waals surface area contributed by atoms with Crippen molar-refractivity contribution in [2.75, 3.05) is 18.5 Å². The minimum atomic E-state index is -4.38. The number of amides is 1. The number of nitrogens with one attached hydrogen (secondary N) is 2. The molecule has 1 fully saturated rings. The lowest BCUT2D eigenvalue weighted by Gasteiger charge is -2.26. The van der Waals surface area contributed by atoms with Crippen LogP contribution >= 0.6 is 11.6 Å². The molecular weight excluding hydrogens is 545 g/mol. The van der Waals surface area contributed by atoms with E-state index >= 15 is 0 Å². The van der Waals surface area contributed by atoms with Crippen molar-refractivity contribution in [2.45, 2.75) is 72.1 Å². The number of hydrogen-bond acceptors (Lipinski definition) is 6. The number of benzene rings is 1. The minimum absolute atomic E-state index is 0.128. The summed E-state index contributed by atoms with van der Waals surface area (Å²) in [5, 5.41) is 10.1. The van der Waals surface area contributed by atoms with Crippen molar-refractivity contribution in [1.82, 2.24) is 15.1 Å². The molecule has 1 amide bonds. The molecule has 8 nitrogen and oxygen atoms in total. The lowest BCUT2D eigenvalue weighted by molar-refractivity contribution is -0.138. The molecule has 1 aromatic carbocycles. The summed E-state index contributed by atoms with van der Waals surface area (Å²) in [6, 6.07) is 2.95. The second-order valence-electron chi connectivity index (χ2n) is 9.28. The molecule has 0 unspecified atom stereocenters. The van der Waals surface area contributed by atoms with Gasteiger partial charge in [-0.3, -0.25) is 9.48 Å². The predicted octanol–water partition coefficient (Wildman–Crippen LogP) is 5.87. The van der Waals surface area contributed by atoms with E-state index in [1.807, 2.05) is 6.92 Å². The average Bonchev–Trinajstić information content (AvgIpc) is 3.20. The molecular formula is C25H34ClF3N4O4S. The summed E-state index contributed by atoms with van der Waals surface area (Å²) in [5.74, 6) is 1.20. The van der Waals surface area contributed by atoms with Gasteiger partial charge in [0.15, 0.2) is 5.69 Å². The molecule has 0 saturated heterocycles. The molecule has 1 atom stereocenters. The molecule has 1 saturated carbocycles. The SMILES string of the molecule is CCOc1cc(N[C@H](C)C(F)(F)F)ccc1-c1c(Cl)c(C(=O)NCC2CCC(C)CC2)nn1CC.O=S=O. The number of rotatable bonds is 9. The molecule has 0 aliphatic heterocycles. The van der Waals surface area contributed by atoms with E-state index in [1.54, 1.807) is 17.7 Å². The highest BCUT2D eigenvalue weighted by atomic mass is 35.5. The van der Waals surface area contributed by atoms with Gasteiger partial charge in [0.2, 0.25) is 0 Å². The van der Waals surface area contributed by atoms with E-state index in [4.69, 9.17) is 24.8 Å². The largest absolute Gasteiger partial charge is 0.493 e. The lowest BCUT2D eigenvalue weighted by atomic mass is 9.83. The van der Waals surface area contributed by atoms with Crippen molar-refractivity contribution in [2.24, 2.45) is 11.8 Å². The van der Waals surface area contributed by atoms with E-state index in [1.165, 1.54) is 25.0 Å². The first-order valence-electron chi connectivity index (χ1n) is 12.5. The van der Waals surface area contributed by atoms with Crippen molar-refractivity contribution < 1.29 is 31.1 Å². The van der Waals surface area contributed by atoms with Crippen molar-refractivity contribution in [1.29, 1.82) is 0 Å². The molecule has 0 spiro atoms. The van der Waals surface area contributed by atoms with Crippen LogP contribution in [-0.4, -0.2) is 49.5 Å². The first-order chi connectivity index (χ1) is 18.0. The average molecular weight is 579 g/mol. The molecule has 2 aromatic rings. The summed E-state index contributed by atoms with van der Waals surface area (Å²) in [5.41, 5.74) is 1.44. The van der Waals surface area contributed by atoms with Gasteiger partial charge in [-0.1, -0.05) is 31.4 Å². The van der Waals surface area contributed by atoms with Crippen LogP contribution in [0.25, 0.3) is 11.3 Å². The van der Waals surface area contributed by atoms with Gasteiger partial charge >= 0.3 is 17.7 Å². The Morgan fingerprint density at radius 3 is 2.42 bits per heavy atom. The molecule has 2 N–H and O–H groups in total. The van der Waals surface area contributed by atoms with Gasteiger partial charge in [0, 0.05) is 30.4 Å². The van der Waals surface area contributed by atoms with Crippen LogP contribution in [-0.2, 0) is 18.1 Å². The summed E-state index contributed by atoms with van der Waals surface area (Å²) < 4.78 is 62.9. The third-order valence-electron chi connectivity index (χ3n) is 6.51. The number of anilines is 1. The Kier molecular flexibility index (Phi) is 12.1. The monoisotopic (exact) mass is 578 g/mol. The highest BCUT2D eigenvalue weighted by Crippen LogP contribution is 2.39. The summed E-state index contributed by atoms with van der Waals surface area (Å²) in [7, 11) is 0. The lowest BCUT2D eigenvalue weighted by Crippen LogP contribution is -2.33. The Balaban J connectivity index is 0.00000161. The van der Waals surface area contributed by atoms with Gasteiger partial charge < -0.3 is 15.4 Å². The first kappa shape index (κ1) is 31.6. The smallest absolute Gasteiger partial charge is 0.408 e. The van der Waals surface area contributed by atoms with E-state index in [2.05, 4.69) is 22.7 Å². The molecule has 38 heavy (non-hydrogen) atoms. The van der Waals surface area contributed by atoms with Crippen LogP contribution in [0.1, 0.15) is 63.9 Å². The highest BCUT2D eigenvalue weighted by molar-refractivity contribution is 7.51. The van der Waals surface area contributed by atoms with Gasteiger partial charge in [-0.2, -0.15) is 26.7 Å². The second-order valence-corrected chi connectivity index (χ2v) is 9.80. The highest BCUT2D eigenvalue weighted by Gasteiger charge is 2.36. The van der Waals surface area contributed by atoms with Gasteiger partial charge in [-0.05, 0) is 57.6 Å². The molecule has 212 valence electrons. The normalized spacial score (nSPS) is 18.1. The molecule has 1 aromatic heterocycles. The number of aromatic nitrogens is 2. The molecule has 13 heteroatoms. The molecule has 1 heterocycles. The van der Waals surface area contributed by atoms with E-state index in [0.29, 0.717) is 42.6 Å². The quantitative estimate of drug-likeness (QED) is 0.386. The Labute approximate surface area is 229 Å². The van der Waals surface area contributed by atoms with Crippen LogP contribution in [0.5, 0.6) is 5.75 Å². The van der Waals surface area contributed by atoms with Crippen LogP contribution in [0.4, 0.5) is 18.9 Å². The fraction of sp³-hybridized carbons (Fsp3) is 0.600. The maximum Gasteiger partial charge on any atom is 0.408 e. The Morgan fingerprint density at radius 2 is 1.87 bits per heavy atom. The number of aryl methyl sites for hydroxylation is 1. The summed E-state index contributed by atoms with van der Waals surface area (Å²) >= 11 is 5.92. The van der Waals surface area contributed by atoms with Crippen LogP contribution in [0, 0.1) is 11.8 Å². The Hall–Kier alpha value is -2.60. The summed E-state index contributed by atoms with van der Waals surface area (Å²) in [4.78, 5) is 12.9. The van der Waals surface area contributed by atoms with E-state index in [-0.39, 0.29) is 22.3 Å². The maximum absolute atomic E-state index is 13.0. The fourth-order valence-corrected chi connectivity index (χ4v) is 4.66. The van der Waals surface area contributed by atoms with Crippen LogP contribution in [0.2, 0.25) is 5.02 Å². The number of carbonyl (C=O) groups is 1. The third-order valence-corrected chi connectivity index (χ3v) is 6.86. The van der Waals surface area contributed by atoms with Crippen LogP contribution in [0.15, 0.2) is 18.2 Å². The van der Waals surface area contributed by atoms with Crippen molar-refractivity contribution in [3.05, 3.63) is 28.9 Å². The van der Waals surface area contributed by atoms with Crippen molar-refractivity contribution in [3.63, 3.8) is 0 Å². The number of halogens is 4. The summed E-state index contributed by atoms with van der Waals surface area (Å²) in [6.45, 7) is 8.29. The van der Waals surface area contributed by atoms with Gasteiger partial charge in [0.05, 0.1) is 17.3 Å². The standard InChI is InChI=1S/C25H34ClF3N4O2.O2S/c1-5-33-23(19-12-11-18(13-20(19)35-6-2)31-16(4)25(27,28)29)21(26)22(32-33)24(34)30-14-17-9-7-15(3)8-10-17;1-3-2/h11-13,15-17,31H,5-10,14H2,1-4H3,(H,30,34);/t15?,16-,17?;/m1./s1. The van der Waals surface area contributed by atoms with Gasteiger partial charge in [0.25, 0.3) is 5.91 Å². The first-order valence-corrected chi connectivity index (χ1v) is 13.6. The summed E-state index contributed by atoms with van der Waals surface area (Å²) in [6.07, 6.45) is 0.141.